The second-order valence-corrected chi connectivity index (χ2v) is 4.33. The molecule has 1 fully saturated rings. The third-order valence-electron chi connectivity index (χ3n) is 3.23. The van der Waals surface area contributed by atoms with Crippen molar-refractivity contribution in [2.75, 3.05) is 20.2 Å². The molecule has 1 saturated heterocycles. The van der Waals surface area contributed by atoms with Gasteiger partial charge in [0.05, 0.1) is 7.11 Å². The van der Waals surface area contributed by atoms with Gasteiger partial charge in [0.25, 0.3) is 0 Å². The minimum absolute atomic E-state index is 0.568. The summed E-state index contributed by atoms with van der Waals surface area (Å²) < 4.78 is 5.08. The molecule has 1 aliphatic rings. The molecule has 0 saturated carbocycles. The van der Waals surface area contributed by atoms with E-state index in [0.717, 1.165) is 0 Å². The lowest BCUT2D eigenvalue weighted by Gasteiger charge is -2.23. The van der Waals surface area contributed by atoms with Gasteiger partial charge in [0.1, 0.15) is 0 Å². The number of pyridine rings is 1. The number of hydrogen-bond donors (Lipinski definition) is 0. The van der Waals surface area contributed by atoms with E-state index in [1.807, 2.05) is 12.3 Å². The fourth-order valence-electron chi connectivity index (χ4n) is 2.47. The Morgan fingerprint density at radius 3 is 3.00 bits per heavy atom. The Bertz CT molecular complexity index is 323. The summed E-state index contributed by atoms with van der Waals surface area (Å²) in [4.78, 5) is 6.85. The first-order valence-electron chi connectivity index (χ1n) is 6.09. The number of likely N-dealkylation sites (tertiary alicyclic amines) is 1. The van der Waals surface area contributed by atoms with Crippen molar-refractivity contribution in [3.05, 3.63) is 23.9 Å². The minimum Gasteiger partial charge on any atom is -0.481 e. The van der Waals surface area contributed by atoms with Crippen molar-refractivity contribution >= 4 is 0 Å². The predicted molar refractivity (Wildman–Crippen MR) is 64.6 cm³/mol. The molecule has 0 radical (unpaired) electrons. The number of methoxy groups -OCH3 is 1. The Balaban J connectivity index is 2.09. The Labute approximate surface area is 97.4 Å². The van der Waals surface area contributed by atoms with Gasteiger partial charge >= 0.3 is 0 Å². The highest BCUT2D eigenvalue weighted by molar-refractivity contribution is 5.21. The van der Waals surface area contributed by atoms with E-state index >= 15 is 0 Å². The zero-order valence-corrected chi connectivity index (χ0v) is 10.1. The molecule has 0 bridgehead atoms. The van der Waals surface area contributed by atoms with Crippen molar-refractivity contribution in [3.63, 3.8) is 0 Å². The predicted octanol–water partition coefficient (Wildman–Crippen LogP) is 2.64. The van der Waals surface area contributed by atoms with E-state index in [9.17, 15) is 0 Å². The molecular formula is C13H20N2O. The number of rotatable bonds is 4. The van der Waals surface area contributed by atoms with Crippen LogP contribution in [-0.2, 0) is 0 Å². The van der Waals surface area contributed by atoms with Crippen LogP contribution in [-0.4, -0.2) is 30.1 Å². The summed E-state index contributed by atoms with van der Waals surface area (Å²) in [5.74, 6) is 0.698. The molecule has 0 amide bonds. The first-order valence-corrected chi connectivity index (χ1v) is 6.09. The van der Waals surface area contributed by atoms with Gasteiger partial charge in [-0.3, -0.25) is 4.90 Å². The van der Waals surface area contributed by atoms with Crippen molar-refractivity contribution in [2.45, 2.75) is 32.2 Å². The van der Waals surface area contributed by atoms with Gasteiger partial charge < -0.3 is 4.74 Å². The Hall–Kier alpha value is -1.09. The van der Waals surface area contributed by atoms with E-state index < -0.39 is 0 Å². The number of nitrogens with zero attached hydrogens (tertiary/aromatic N) is 2. The van der Waals surface area contributed by atoms with Gasteiger partial charge in [-0.05, 0) is 37.9 Å². The smallest absolute Gasteiger partial charge is 0.212 e. The molecule has 0 unspecified atom stereocenters. The largest absolute Gasteiger partial charge is 0.481 e. The number of hydrogen-bond acceptors (Lipinski definition) is 3. The highest BCUT2D eigenvalue weighted by atomic mass is 16.5. The summed E-state index contributed by atoms with van der Waals surface area (Å²) in [7, 11) is 1.65. The zero-order chi connectivity index (χ0) is 11.4. The molecule has 0 spiro atoms. The number of ether oxygens (including phenoxy) is 1. The monoisotopic (exact) mass is 220 g/mol. The lowest BCUT2D eigenvalue weighted by Crippen LogP contribution is -2.24. The normalized spacial score (nSPS) is 21.2. The van der Waals surface area contributed by atoms with Crippen LogP contribution in [0.1, 0.15) is 37.8 Å². The van der Waals surface area contributed by atoms with Crippen LogP contribution in [0.3, 0.4) is 0 Å². The molecule has 0 aromatic carbocycles. The van der Waals surface area contributed by atoms with Crippen LogP contribution < -0.4 is 4.74 Å². The van der Waals surface area contributed by atoms with Crippen molar-refractivity contribution in [2.24, 2.45) is 0 Å². The Morgan fingerprint density at radius 1 is 1.50 bits per heavy atom. The molecule has 0 aliphatic carbocycles. The molecular weight excluding hydrogens is 200 g/mol. The topological polar surface area (TPSA) is 25.4 Å². The van der Waals surface area contributed by atoms with Gasteiger partial charge in [0, 0.05) is 18.3 Å². The highest BCUT2D eigenvalue weighted by Crippen LogP contribution is 2.31. The van der Waals surface area contributed by atoms with Gasteiger partial charge in [-0.15, -0.1) is 0 Å². The standard InChI is InChI=1S/C13H20N2O/c1-3-8-15-9-4-5-12(15)11-6-7-13(16-2)14-10-11/h6-7,10,12H,3-5,8-9H2,1-2H3/t12-/m0/s1. The van der Waals surface area contributed by atoms with Gasteiger partial charge in [-0.2, -0.15) is 0 Å². The maximum absolute atomic E-state index is 5.08. The summed E-state index contributed by atoms with van der Waals surface area (Å²) in [5.41, 5.74) is 1.33. The van der Waals surface area contributed by atoms with Crippen molar-refractivity contribution in [1.29, 1.82) is 0 Å². The first-order chi connectivity index (χ1) is 7.85. The van der Waals surface area contributed by atoms with Crippen LogP contribution in [0.4, 0.5) is 0 Å². The molecule has 1 aromatic rings. The second kappa shape index (κ2) is 5.30. The van der Waals surface area contributed by atoms with Crippen LogP contribution in [0.15, 0.2) is 18.3 Å². The average Bonchev–Trinajstić information content (AvgIpc) is 2.78. The molecule has 0 N–H and O–H groups in total. The zero-order valence-electron chi connectivity index (χ0n) is 10.1. The van der Waals surface area contributed by atoms with E-state index in [4.69, 9.17) is 4.74 Å². The van der Waals surface area contributed by atoms with Crippen molar-refractivity contribution in [1.82, 2.24) is 9.88 Å². The lowest BCUT2D eigenvalue weighted by molar-refractivity contribution is 0.257. The van der Waals surface area contributed by atoms with Gasteiger partial charge in [-0.25, -0.2) is 4.98 Å². The highest BCUT2D eigenvalue weighted by Gasteiger charge is 2.25. The summed E-state index contributed by atoms with van der Waals surface area (Å²) in [6.07, 6.45) is 5.74. The third-order valence-corrected chi connectivity index (χ3v) is 3.23. The van der Waals surface area contributed by atoms with Gasteiger partial charge in [0.2, 0.25) is 5.88 Å². The second-order valence-electron chi connectivity index (χ2n) is 4.33. The maximum Gasteiger partial charge on any atom is 0.212 e. The first kappa shape index (κ1) is 11.4. The van der Waals surface area contributed by atoms with Crippen LogP contribution >= 0.6 is 0 Å². The van der Waals surface area contributed by atoms with E-state index in [2.05, 4.69) is 22.9 Å². The van der Waals surface area contributed by atoms with Crippen LogP contribution in [0, 0.1) is 0 Å². The van der Waals surface area contributed by atoms with Crippen LogP contribution in [0.2, 0.25) is 0 Å². The molecule has 88 valence electrons. The van der Waals surface area contributed by atoms with E-state index in [1.165, 1.54) is 37.9 Å². The lowest BCUT2D eigenvalue weighted by atomic mass is 10.1. The van der Waals surface area contributed by atoms with Crippen molar-refractivity contribution in [3.8, 4) is 5.88 Å². The summed E-state index contributed by atoms with van der Waals surface area (Å²) in [6.45, 7) is 4.66. The average molecular weight is 220 g/mol. The van der Waals surface area contributed by atoms with E-state index in [-0.39, 0.29) is 0 Å². The maximum atomic E-state index is 5.08. The summed E-state index contributed by atoms with van der Waals surface area (Å²) >= 11 is 0. The van der Waals surface area contributed by atoms with E-state index in [1.54, 1.807) is 7.11 Å². The van der Waals surface area contributed by atoms with Gasteiger partial charge in [0.15, 0.2) is 0 Å². The molecule has 3 heteroatoms. The fraction of sp³-hybridized carbons (Fsp3) is 0.615. The van der Waals surface area contributed by atoms with E-state index in [0.29, 0.717) is 11.9 Å². The molecule has 1 atom stereocenters. The number of aromatic nitrogens is 1. The Kier molecular flexibility index (Phi) is 3.78. The molecule has 3 nitrogen and oxygen atoms in total. The van der Waals surface area contributed by atoms with Gasteiger partial charge in [-0.1, -0.05) is 13.0 Å². The molecule has 2 rings (SSSR count). The SMILES string of the molecule is CCCN1CCC[C@H]1c1ccc(OC)nc1. The van der Waals surface area contributed by atoms with Crippen LogP contribution in [0.5, 0.6) is 5.88 Å². The summed E-state index contributed by atoms with van der Waals surface area (Å²) in [6, 6.07) is 4.67. The third kappa shape index (κ3) is 2.35. The van der Waals surface area contributed by atoms with Crippen molar-refractivity contribution < 1.29 is 4.74 Å². The molecule has 16 heavy (non-hydrogen) atoms. The fourth-order valence-corrected chi connectivity index (χ4v) is 2.47. The minimum atomic E-state index is 0.568. The van der Waals surface area contributed by atoms with Crippen LogP contribution in [0.25, 0.3) is 0 Å². The molecule has 1 aromatic heterocycles. The molecule has 2 heterocycles. The Morgan fingerprint density at radius 2 is 2.38 bits per heavy atom. The quantitative estimate of drug-likeness (QED) is 0.780. The molecule has 1 aliphatic heterocycles. The summed E-state index contributed by atoms with van der Waals surface area (Å²) in [5, 5.41) is 0.